The van der Waals surface area contributed by atoms with Crippen molar-refractivity contribution < 1.29 is 9.66 Å². The summed E-state index contributed by atoms with van der Waals surface area (Å²) in [7, 11) is 3.46. The summed E-state index contributed by atoms with van der Waals surface area (Å²) in [6.07, 6.45) is 6.62. The molecule has 1 aromatic carbocycles. The number of aromatic nitrogens is 3. The molecule has 0 saturated heterocycles. The Balaban J connectivity index is 1.54. The van der Waals surface area contributed by atoms with Crippen LogP contribution in [-0.4, -0.2) is 44.6 Å². The minimum absolute atomic E-state index is 0.0593. The number of ether oxygens (including phenoxy) is 1. The Bertz CT molecular complexity index is 1030. The van der Waals surface area contributed by atoms with Gasteiger partial charge in [-0.15, -0.1) is 0 Å². The maximum absolute atomic E-state index is 11.1. The van der Waals surface area contributed by atoms with E-state index in [1.54, 1.807) is 18.7 Å². The van der Waals surface area contributed by atoms with Crippen molar-refractivity contribution in [3.05, 3.63) is 58.2 Å². The maximum Gasteiger partial charge on any atom is 0.386 e. The van der Waals surface area contributed by atoms with Gasteiger partial charge in [0.15, 0.2) is 0 Å². The highest BCUT2D eigenvalue weighted by atomic mass is 16.6. The highest BCUT2D eigenvalue weighted by Gasteiger charge is 2.23. The predicted octanol–water partition coefficient (Wildman–Crippen LogP) is 3.11. The van der Waals surface area contributed by atoms with Crippen LogP contribution in [0.3, 0.4) is 0 Å². The van der Waals surface area contributed by atoms with Gasteiger partial charge in [-0.05, 0) is 40.1 Å². The third-order valence-corrected chi connectivity index (χ3v) is 5.11. The van der Waals surface area contributed by atoms with Gasteiger partial charge in [0.1, 0.15) is 11.4 Å². The predicted molar refractivity (Wildman–Crippen MR) is 103 cm³/mol. The number of hydrogen-bond acceptors (Lipinski definition) is 5. The van der Waals surface area contributed by atoms with E-state index in [0.29, 0.717) is 12.2 Å². The Labute approximate surface area is 156 Å². The van der Waals surface area contributed by atoms with Crippen molar-refractivity contribution in [1.82, 2.24) is 19.4 Å². The summed E-state index contributed by atoms with van der Waals surface area (Å²) in [6.45, 7) is 2.09. The summed E-state index contributed by atoms with van der Waals surface area (Å²) in [4.78, 5) is 20.1. The molecule has 0 radical (unpaired) electrons. The molecule has 140 valence electrons. The highest BCUT2D eigenvalue weighted by molar-refractivity contribution is 5.93. The number of H-pyrrole nitrogens is 1. The second kappa shape index (κ2) is 6.88. The molecule has 2 aromatic heterocycles. The maximum atomic E-state index is 11.1. The van der Waals surface area contributed by atoms with Crippen LogP contribution < -0.4 is 4.74 Å². The van der Waals surface area contributed by atoms with Crippen LogP contribution in [0.2, 0.25) is 0 Å². The molecule has 1 N–H and O–H groups in total. The van der Waals surface area contributed by atoms with E-state index in [1.807, 2.05) is 24.4 Å². The minimum atomic E-state index is -0.417. The number of nitrogens with one attached hydrogen (secondary N) is 1. The van der Waals surface area contributed by atoms with E-state index in [4.69, 9.17) is 4.74 Å². The zero-order valence-corrected chi connectivity index (χ0v) is 15.3. The van der Waals surface area contributed by atoms with E-state index in [0.717, 1.165) is 36.2 Å². The van der Waals surface area contributed by atoms with E-state index in [1.165, 1.54) is 17.5 Å². The summed E-state index contributed by atoms with van der Waals surface area (Å²) in [5, 5.41) is 12.3. The van der Waals surface area contributed by atoms with Crippen LogP contribution in [-0.2, 0) is 13.6 Å². The van der Waals surface area contributed by atoms with E-state index >= 15 is 0 Å². The van der Waals surface area contributed by atoms with Gasteiger partial charge >= 0.3 is 5.82 Å². The van der Waals surface area contributed by atoms with Crippen LogP contribution in [0.1, 0.15) is 17.7 Å². The number of fused-ring (bicyclic) bond motifs is 1. The molecular formula is C19H21N5O3. The topological polar surface area (TPSA) is 89.2 Å². The van der Waals surface area contributed by atoms with Crippen molar-refractivity contribution in [2.24, 2.45) is 7.05 Å². The average molecular weight is 367 g/mol. The molecule has 0 spiro atoms. The van der Waals surface area contributed by atoms with Crippen molar-refractivity contribution in [2.45, 2.75) is 13.0 Å². The quantitative estimate of drug-likeness (QED) is 0.553. The molecule has 8 heteroatoms. The summed E-state index contributed by atoms with van der Waals surface area (Å²) in [5.74, 6) is 0.779. The molecule has 0 amide bonds. The Morgan fingerprint density at radius 1 is 1.41 bits per heavy atom. The van der Waals surface area contributed by atoms with Crippen LogP contribution in [0.5, 0.6) is 5.75 Å². The SMILES string of the molecule is COc1ccc2[nH]cc(C3=CCN(Cc4c([N+](=O)[O-])ncn4C)CC3)c2c1. The molecule has 0 fully saturated rings. The molecular weight excluding hydrogens is 346 g/mol. The lowest BCUT2D eigenvalue weighted by Crippen LogP contribution is -2.29. The van der Waals surface area contributed by atoms with Gasteiger partial charge in [0.25, 0.3) is 0 Å². The lowest BCUT2D eigenvalue weighted by molar-refractivity contribution is -0.390. The first kappa shape index (κ1) is 17.3. The van der Waals surface area contributed by atoms with E-state index in [9.17, 15) is 10.1 Å². The normalized spacial score (nSPS) is 15.1. The molecule has 0 atom stereocenters. The number of benzene rings is 1. The lowest BCUT2D eigenvalue weighted by atomic mass is 9.98. The van der Waals surface area contributed by atoms with Crippen molar-refractivity contribution in [1.29, 1.82) is 0 Å². The zero-order chi connectivity index (χ0) is 19.0. The van der Waals surface area contributed by atoms with Gasteiger partial charge in [-0.25, -0.2) is 0 Å². The van der Waals surface area contributed by atoms with Crippen molar-refractivity contribution in [3.63, 3.8) is 0 Å². The fraction of sp³-hybridized carbons (Fsp3) is 0.316. The fourth-order valence-corrected chi connectivity index (χ4v) is 3.58. The number of nitrogens with zero attached hydrogens (tertiary/aromatic N) is 4. The van der Waals surface area contributed by atoms with E-state index < -0.39 is 4.92 Å². The van der Waals surface area contributed by atoms with Gasteiger partial charge in [-0.3, -0.25) is 4.90 Å². The smallest absolute Gasteiger partial charge is 0.386 e. The van der Waals surface area contributed by atoms with Gasteiger partial charge in [0.2, 0.25) is 6.33 Å². The minimum Gasteiger partial charge on any atom is -0.497 e. The van der Waals surface area contributed by atoms with Crippen molar-refractivity contribution in [2.75, 3.05) is 20.2 Å². The largest absolute Gasteiger partial charge is 0.497 e. The molecule has 1 aliphatic rings. The second-order valence-electron chi connectivity index (χ2n) is 6.71. The Hall–Kier alpha value is -3.13. The molecule has 4 rings (SSSR count). The first-order chi connectivity index (χ1) is 13.1. The molecule has 0 bridgehead atoms. The summed E-state index contributed by atoms with van der Waals surface area (Å²) < 4.78 is 7.07. The first-order valence-electron chi connectivity index (χ1n) is 8.78. The zero-order valence-electron chi connectivity index (χ0n) is 15.3. The average Bonchev–Trinajstić information content (AvgIpc) is 3.26. The third kappa shape index (κ3) is 3.19. The lowest BCUT2D eigenvalue weighted by Gasteiger charge is -2.26. The number of methoxy groups -OCH3 is 1. The Morgan fingerprint density at radius 2 is 2.26 bits per heavy atom. The van der Waals surface area contributed by atoms with Crippen molar-refractivity contribution in [3.8, 4) is 5.75 Å². The molecule has 3 aromatic rings. The van der Waals surface area contributed by atoms with Gasteiger partial charge < -0.3 is 24.4 Å². The molecule has 0 unspecified atom stereocenters. The van der Waals surface area contributed by atoms with Crippen LogP contribution in [0.4, 0.5) is 5.82 Å². The standard InChI is InChI=1S/C19H21N5O3/c1-22-12-21-19(24(25)26)18(22)11-23-7-5-13(6-8-23)16-10-20-17-4-3-14(27-2)9-15(16)17/h3-5,9-10,12,20H,6-8,11H2,1-2H3. The summed E-state index contributed by atoms with van der Waals surface area (Å²) in [6, 6.07) is 6.02. The number of hydrogen-bond donors (Lipinski definition) is 1. The third-order valence-electron chi connectivity index (χ3n) is 5.11. The van der Waals surface area contributed by atoms with E-state index in [2.05, 4.69) is 20.9 Å². The summed E-state index contributed by atoms with van der Waals surface area (Å²) >= 11 is 0. The Morgan fingerprint density at radius 3 is 2.96 bits per heavy atom. The number of nitro groups is 1. The monoisotopic (exact) mass is 367 g/mol. The number of rotatable bonds is 5. The van der Waals surface area contributed by atoms with Crippen LogP contribution >= 0.6 is 0 Å². The molecule has 0 aliphatic carbocycles. The van der Waals surface area contributed by atoms with Crippen molar-refractivity contribution >= 4 is 22.3 Å². The van der Waals surface area contributed by atoms with Gasteiger partial charge in [0.05, 0.1) is 7.11 Å². The first-order valence-corrected chi connectivity index (χ1v) is 8.78. The molecule has 8 nitrogen and oxygen atoms in total. The number of aromatic amines is 1. The fourth-order valence-electron chi connectivity index (χ4n) is 3.58. The molecule has 0 saturated carbocycles. The van der Waals surface area contributed by atoms with Crippen LogP contribution in [0.25, 0.3) is 16.5 Å². The number of aryl methyl sites for hydroxylation is 1. The second-order valence-corrected chi connectivity index (χ2v) is 6.71. The molecule has 27 heavy (non-hydrogen) atoms. The van der Waals surface area contributed by atoms with Gasteiger partial charge in [-0.2, -0.15) is 0 Å². The van der Waals surface area contributed by atoms with Gasteiger partial charge in [0, 0.05) is 49.3 Å². The highest BCUT2D eigenvalue weighted by Crippen LogP contribution is 2.32. The summed E-state index contributed by atoms with van der Waals surface area (Å²) in [5.41, 5.74) is 4.19. The Kier molecular flexibility index (Phi) is 4.41. The van der Waals surface area contributed by atoms with Crippen LogP contribution in [0, 0.1) is 10.1 Å². The molecule has 1 aliphatic heterocycles. The van der Waals surface area contributed by atoms with Crippen LogP contribution in [0.15, 0.2) is 36.8 Å². The van der Waals surface area contributed by atoms with E-state index in [-0.39, 0.29) is 5.82 Å². The molecule has 3 heterocycles. The number of imidazole rings is 1. The van der Waals surface area contributed by atoms with Gasteiger partial charge in [-0.1, -0.05) is 6.08 Å².